The van der Waals surface area contributed by atoms with Crippen LogP contribution < -0.4 is 0 Å². The molecule has 0 radical (unpaired) electrons. The van der Waals surface area contributed by atoms with Gasteiger partial charge >= 0.3 is 17.9 Å². The van der Waals surface area contributed by atoms with Gasteiger partial charge in [0.15, 0.2) is 0 Å². The molecule has 0 aromatic carbocycles. The third-order valence-corrected chi connectivity index (χ3v) is 8.94. The molecule has 0 aliphatic heterocycles. The molecule has 0 saturated heterocycles. The molecule has 0 saturated carbocycles. The van der Waals surface area contributed by atoms with E-state index in [9.17, 15) is 14.4 Å². The maximum atomic E-state index is 13.4. The van der Waals surface area contributed by atoms with Gasteiger partial charge in [-0.2, -0.15) is 0 Å². The molecule has 0 fully saturated rings. The highest BCUT2D eigenvalue weighted by Gasteiger charge is 2.34. The standard InChI is InChI=1S/C35H64O12/c1-10-33(22-41-6,17-19-39-4)26-46-31(37)21-29(32(38)47-27-34(11-2,23-42-7)18-20-40-5)15-13-14-16-30(36)45-28-35(12-3,24-43-8)25-44-9/h13-14,29H,10-12,15-28H2,1-9H3/b14-13+. The van der Waals surface area contributed by atoms with Crippen molar-refractivity contribution in [2.45, 2.75) is 72.1 Å². The van der Waals surface area contributed by atoms with Crippen LogP contribution in [-0.4, -0.2) is 120 Å². The van der Waals surface area contributed by atoms with Crippen molar-refractivity contribution in [1.82, 2.24) is 0 Å². The molecule has 0 rings (SSSR count). The minimum atomic E-state index is -0.817. The van der Waals surface area contributed by atoms with Gasteiger partial charge in [-0.25, -0.2) is 0 Å². The lowest BCUT2D eigenvalue weighted by molar-refractivity contribution is -0.161. The maximum Gasteiger partial charge on any atom is 0.309 e. The van der Waals surface area contributed by atoms with E-state index < -0.39 is 40.1 Å². The molecule has 0 aromatic heterocycles. The van der Waals surface area contributed by atoms with E-state index in [4.69, 9.17) is 42.6 Å². The first-order valence-electron chi connectivity index (χ1n) is 16.6. The normalized spacial score (nSPS) is 15.2. The smallest absolute Gasteiger partial charge is 0.309 e. The second-order valence-corrected chi connectivity index (χ2v) is 12.5. The summed E-state index contributed by atoms with van der Waals surface area (Å²) < 4.78 is 49.1. The van der Waals surface area contributed by atoms with Crippen molar-refractivity contribution in [3.8, 4) is 0 Å². The molecule has 0 heterocycles. The maximum absolute atomic E-state index is 13.4. The molecular weight excluding hydrogens is 612 g/mol. The van der Waals surface area contributed by atoms with Gasteiger partial charge in [0.05, 0.1) is 63.8 Å². The van der Waals surface area contributed by atoms with Crippen LogP contribution in [-0.2, 0) is 57.0 Å². The Labute approximate surface area is 283 Å². The van der Waals surface area contributed by atoms with Crippen molar-refractivity contribution < 1.29 is 57.0 Å². The first kappa shape index (κ1) is 44.9. The van der Waals surface area contributed by atoms with E-state index in [1.165, 1.54) is 0 Å². The molecule has 3 atom stereocenters. The van der Waals surface area contributed by atoms with Crippen molar-refractivity contribution in [2.24, 2.45) is 22.2 Å². The van der Waals surface area contributed by atoms with Gasteiger partial charge in [-0.1, -0.05) is 32.9 Å². The van der Waals surface area contributed by atoms with Gasteiger partial charge in [-0.05, 0) is 38.5 Å². The Morgan fingerprint density at radius 3 is 1.40 bits per heavy atom. The Morgan fingerprint density at radius 2 is 0.957 bits per heavy atom. The molecule has 0 aliphatic rings. The third kappa shape index (κ3) is 17.8. The summed E-state index contributed by atoms with van der Waals surface area (Å²) in [5.74, 6) is -2.27. The van der Waals surface area contributed by atoms with Crippen molar-refractivity contribution >= 4 is 17.9 Å². The van der Waals surface area contributed by atoms with E-state index in [2.05, 4.69) is 0 Å². The average molecular weight is 677 g/mol. The third-order valence-electron chi connectivity index (χ3n) is 8.94. The average Bonchev–Trinajstić information content (AvgIpc) is 3.07. The predicted octanol–water partition coefficient (Wildman–Crippen LogP) is 4.81. The molecule has 0 N–H and O–H groups in total. The molecule has 12 nitrogen and oxygen atoms in total. The summed E-state index contributed by atoms with van der Waals surface area (Å²) >= 11 is 0. The molecule has 47 heavy (non-hydrogen) atoms. The zero-order chi connectivity index (χ0) is 35.6. The lowest BCUT2D eigenvalue weighted by Crippen LogP contribution is -2.36. The minimum absolute atomic E-state index is 0.00527. The van der Waals surface area contributed by atoms with Gasteiger partial charge in [0.1, 0.15) is 6.61 Å². The van der Waals surface area contributed by atoms with Crippen LogP contribution in [0.2, 0.25) is 0 Å². The molecule has 0 bridgehead atoms. The van der Waals surface area contributed by atoms with Gasteiger partial charge in [0.25, 0.3) is 0 Å². The highest BCUT2D eigenvalue weighted by molar-refractivity contribution is 5.80. The molecule has 0 aliphatic carbocycles. The Morgan fingerprint density at radius 1 is 0.532 bits per heavy atom. The fraction of sp³-hybridized carbons (Fsp3) is 0.857. The first-order valence-corrected chi connectivity index (χ1v) is 16.6. The summed E-state index contributed by atoms with van der Waals surface area (Å²) in [5.41, 5.74) is -1.26. The first-order chi connectivity index (χ1) is 22.5. The van der Waals surface area contributed by atoms with Crippen molar-refractivity contribution in [2.75, 3.05) is 102 Å². The number of carbonyl (C=O) groups is 3. The second kappa shape index (κ2) is 25.9. The molecule has 12 heteroatoms. The summed E-state index contributed by atoms with van der Waals surface area (Å²) in [4.78, 5) is 39.1. The number of hydrogen-bond acceptors (Lipinski definition) is 12. The van der Waals surface area contributed by atoms with Gasteiger partial charge in [-0.3, -0.25) is 14.4 Å². The fourth-order valence-corrected chi connectivity index (χ4v) is 5.26. The van der Waals surface area contributed by atoms with Crippen LogP contribution in [0, 0.1) is 22.2 Å². The van der Waals surface area contributed by atoms with Crippen LogP contribution >= 0.6 is 0 Å². The van der Waals surface area contributed by atoms with Crippen LogP contribution in [0.5, 0.6) is 0 Å². The van der Waals surface area contributed by atoms with Crippen LogP contribution in [0.1, 0.15) is 72.1 Å². The van der Waals surface area contributed by atoms with Crippen molar-refractivity contribution in [1.29, 1.82) is 0 Å². The number of rotatable bonds is 30. The van der Waals surface area contributed by atoms with Crippen LogP contribution in [0.15, 0.2) is 12.2 Å². The van der Waals surface area contributed by atoms with Gasteiger partial charge < -0.3 is 42.6 Å². The van der Waals surface area contributed by atoms with Gasteiger partial charge in [0.2, 0.25) is 0 Å². The molecule has 0 spiro atoms. The quantitative estimate of drug-likeness (QED) is 0.0587. The predicted molar refractivity (Wildman–Crippen MR) is 178 cm³/mol. The van der Waals surface area contributed by atoms with Crippen molar-refractivity contribution in [3.05, 3.63) is 12.2 Å². The largest absolute Gasteiger partial charge is 0.465 e. The van der Waals surface area contributed by atoms with Crippen LogP contribution in [0.25, 0.3) is 0 Å². The van der Waals surface area contributed by atoms with Crippen LogP contribution in [0.3, 0.4) is 0 Å². The Kier molecular flexibility index (Phi) is 24.7. The van der Waals surface area contributed by atoms with E-state index in [-0.39, 0.29) is 39.1 Å². The van der Waals surface area contributed by atoms with E-state index in [0.717, 1.165) is 6.42 Å². The molecule has 0 amide bonds. The summed E-state index contributed by atoms with van der Waals surface area (Å²) in [6.07, 6.45) is 6.78. The number of esters is 3. The number of allylic oxidation sites excluding steroid dienone is 1. The number of ether oxygens (including phenoxy) is 9. The summed E-state index contributed by atoms with van der Waals surface area (Å²) in [5, 5.41) is 0. The molecular formula is C35H64O12. The summed E-state index contributed by atoms with van der Waals surface area (Å²) in [6.45, 7) is 9.01. The van der Waals surface area contributed by atoms with Crippen LogP contribution in [0.4, 0.5) is 0 Å². The Balaban J connectivity index is 5.67. The Hall–Kier alpha value is -2.09. The highest BCUT2D eigenvalue weighted by atomic mass is 16.6. The van der Waals surface area contributed by atoms with E-state index in [0.29, 0.717) is 65.3 Å². The van der Waals surface area contributed by atoms with Gasteiger partial charge in [-0.15, -0.1) is 0 Å². The zero-order valence-corrected chi connectivity index (χ0v) is 30.7. The monoisotopic (exact) mass is 676 g/mol. The minimum Gasteiger partial charge on any atom is -0.465 e. The van der Waals surface area contributed by atoms with Crippen molar-refractivity contribution in [3.63, 3.8) is 0 Å². The molecule has 0 aromatic rings. The lowest BCUT2D eigenvalue weighted by atomic mass is 9.83. The van der Waals surface area contributed by atoms with E-state index in [1.807, 2.05) is 20.8 Å². The highest BCUT2D eigenvalue weighted by Crippen LogP contribution is 2.30. The fourth-order valence-electron chi connectivity index (χ4n) is 5.26. The van der Waals surface area contributed by atoms with Gasteiger partial charge in [0, 0.05) is 66.7 Å². The van der Waals surface area contributed by atoms with E-state index >= 15 is 0 Å². The summed E-state index contributed by atoms with van der Waals surface area (Å²) in [7, 11) is 9.66. The second-order valence-electron chi connectivity index (χ2n) is 12.5. The molecule has 3 unspecified atom stereocenters. The molecule has 276 valence electrons. The number of methoxy groups -OCH3 is 6. The lowest BCUT2D eigenvalue weighted by Gasteiger charge is -2.32. The number of carbonyl (C=O) groups excluding carboxylic acids is 3. The summed E-state index contributed by atoms with van der Waals surface area (Å²) in [6, 6.07) is 0. The Bertz CT molecular complexity index is 873. The topological polar surface area (TPSA) is 134 Å². The SMILES string of the molecule is CCC(CCOC)(COC)COC(=O)CC(C/C=C/CC(=O)OCC(CC)(COC)COC)C(=O)OCC(CC)(CCOC)COC. The zero-order valence-electron chi connectivity index (χ0n) is 30.7. The number of hydrogen-bond donors (Lipinski definition) is 0. The van der Waals surface area contributed by atoms with E-state index in [1.54, 1.807) is 54.8 Å².